The number of hydrazone groups is 1. The monoisotopic (exact) mass is 269 g/mol. The van der Waals surface area contributed by atoms with Crippen LogP contribution in [0.15, 0.2) is 53.6 Å². The Kier molecular flexibility index (Phi) is 4.34. The quantitative estimate of drug-likeness (QED) is 0.506. The van der Waals surface area contributed by atoms with Crippen molar-refractivity contribution in [1.29, 1.82) is 0 Å². The fourth-order valence-corrected chi connectivity index (χ4v) is 1.70. The normalized spacial score (nSPS) is 10.4. The van der Waals surface area contributed by atoms with Crippen molar-refractivity contribution < 1.29 is 9.53 Å². The number of nitrogens with zero attached hydrogens (tertiary/aromatic N) is 1. The maximum atomic E-state index is 11.9. The lowest BCUT2D eigenvalue weighted by Gasteiger charge is -2.04. The molecule has 3 N–H and O–H groups in total. The van der Waals surface area contributed by atoms with Gasteiger partial charge in [0.2, 0.25) is 0 Å². The minimum atomic E-state index is -0.353. The van der Waals surface area contributed by atoms with Crippen molar-refractivity contribution in [3.63, 3.8) is 0 Å². The fourth-order valence-electron chi connectivity index (χ4n) is 1.70. The van der Waals surface area contributed by atoms with Crippen LogP contribution in [0.5, 0.6) is 5.75 Å². The third-order valence-corrected chi connectivity index (χ3v) is 2.71. The first-order valence-corrected chi connectivity index (χ1v) is 6.03. The summed E-state index contributed by atoms with van der Waals surface area (Å²) in [6, 6.07) is 14.2. The molecule has 5 heteroatoms. The van der Waals surface area contributed by atoms with E-state index in [1.807, 2.05) is 24.3 Å². The molecule has 0 radical (unpaired) electrons. The van der Waals surface area contributed by atoms with E-state index in [0.29, 0.717) is 17.0 Å². The summed E-state index contributed by atoms with van der Waals surface area (Å²) in [6.07, 6.45) is 1.52. The number of benzene rings is 2. The lowest BCUT2D eigenvalue weighted by Crippen LogP contribution is -2.19. The summed E-state index contributed by atoms with van der Waals surface area (Å²) >= 11 is 0. The lowest BCUT2D eigenvalue weighted by atomic mass is 10.2. The van der Waals surface area contributed by atoms with Gasteiger partial charge in [0.05, 0.1) is 18.9 Å². The Morgan fingerprint density at radius 1 is 1.20 bits per heavy atom. The van der Waals surface area contributed by atoms with Gasteiger partial charge in [-0.05, 0) is 24.3 Å². The molecule has 0 aliphatic carbocycles. The van der Waals surface area contributed by atoms with E-state index in [4.69, 9.17) is 10.5 Å². The molecule has 0 aliphatic rings. The number of ether oxygens (including phenoxy) is 1. The number of nitrogens with two attached hydrogens (primary N) is 1. The summed E-state index contributed by atoms with van der Waals surface area (Å²) in [7, 11) is 1.58. The second-order valence-electron chi connectivity index (χ2n) is 4.03. The van der Waals surface area contributed by atoms with Gasteiger partial charge in [-0.25, -0.2) is 5.43 Å². The standard InChI is InChI=1S/C15H15N3O2/c1-20-14-9-5-2-6-11(14)10-17-18-15(19)12-7-3-4-8-13(12)16/h2-10H,16H2,1H3,(H,18,19)/b17-10+. The number of amides is 1. The summed E-state index contributed by atoms with van der Waals surface area (Å²) in [4.78, 5) is 11.9. The Bertz CT molecular complexity index is 639. The molecule has 0 atom stereocenters. The fraction of sp³-hybridized carbons (Fsp3) is 0.0667. The number of carbonyl (C=O) groups excluding carboxylic acids is 1. The number of rotatable bonds is 4. The first-order valence-electron chi connectivity index (χ1n) is 6.03. The Labute approximate surface area is 117 Å². The molecule has 0 bridgehead atoms. The van der Waals surface area contributed by atoms with Gasteiger partial charge in [-0.15, -0.1) is 0 Å². The molecule has 0 saturated carbocycles. The van der Waals surface area contributed by atoms with Gasteiger partial charge in [0, 0.05) is 11.3 Å². The Morgan fingerprint density at radius 3 is 2.65 bits per heavy atom. The van der Waals surface area contributed by atoms with Crippen molar-refractivity contribution in [3.8, 4) is 5.75 Å². The molecule has 0 fully saturated rings. The average molecular weight is 269 g/mol. The maximum Gasteiger partial charge on any atom is 0.273 e. The minimum absolute atomic E-state index is 0.353. The molecule has 0 saturated heterocycles. The first-order chi connectivity index (χ1) is 9.72. The zero-order valence-corrected chi connectivity index (χ0v) is 11.0. The number of methoxy groups -OCH3 is 1. The van der Waals surface area contributed by atoms with E-state index in [2.05, 4.69) is 10.5 Å². The molecule has 0 heterocycles. The number of anilines is 1. The predicted octanol–water partition coefficient (Wildman–Crippen LogP) is 2.04. The van der Waals surface area contributed by atoms with Crippen LogP contribution in [0.25, 0.3) is 0 Å². The number of hydrogen-bond acceptors (Lipinski definition) is 4. The highest BCUT2D eigenvalue weighted by Crippen LogP contribution is 2.14. The van der Waals surface area contributed by atoms with Gasteiger partial charge >= 0.3 is 0 Å². The molecule has 20 heavy (non-hydrogen) atoms. The second-order valence-corrected chi connectivity index (χ2v) is 4.03. The molecule has 0 unspecified atom stereocenters. The van der Waals surface area contributed by atoms with E-state index in [1.165, 1.54) is 6.21 Å². The molecule has 0 aliphatic heterocycles. The van der Waals surface area contributed by atoms with E-state index >= 15 is 0 Å². The van der Waals surface area contributed by atoms with Gasteiger partial charge in [0.15, 0.2) is 0 Å². The second kappa shape index (κ2) is 6.38. The summed E-state index contributed by atoms with van der Waals surface area (Å²) in [6.45, 7) is 0. The summed E-state index contributed by atoms with van der Waals surface area (Å²) in [5.74, 6) is 0.332. The Balaban J connectivity index is 2.07. The van der Waals surface area contributed by atoms with Gasteiger partial charge in [-0.2, -0.15) is 5.10 Å². The van der Waals surface area contributed by atoms with Crippen LogP contribution < -0.4 is 15.9 Å². The average Bonchev–Trinajstić information content (AvgIpc) is 2.48. The highest BCUT2D eigenvalue weighted by Gasteiger charge is 2.07. The molecule has 5 nitrogen and oxygen atoms in total. The van der Waals surface area contributed by atoms with E-state index in [-0.39, 0.29) is 5.91 Å². The van der Waals surface area contributed by atoms with Gasteiger partial charge in [0.1, 0.15) is 5.75 Å². The zero-order valence-electron chi connectivity index (χ0n) is 11.0. The van der Waals surface area contributed by atoms with Crippen molar-refractivity contribution in [2.75, 3.05) is 12.8 Å². The SMILES string of the molecule is COc1ccccc1/C=N/NC(=O)c1ccccc1N. The summed E-state index contributed by atoms with van der Waals surface area (Å²) < 4.78 is 5.18. The molecule has 2 aromatic rings. The predicted molar refractivity (Wildman–Crippen MR) is 78.9 cm³/mol. The summed E-state index contributed by atoms with van der Waals surface area (Å²) in [5, 5.41) is 3.91. The van der Waals surface area contributed by atoms with Gasteiger partial charge in [-0.1, -0.05) is 24.3 Å². The van der Waals surface area contributed by atoms with Crippen molar-refractivity contribution in [3.05, 3.63) is 59.7 Å². The van der Waals surface area contributed by atoms with Crippen LogP contribution >= 0.6 is 0 Å². The van der Waals surface area contributed by atoms with E-state index in [0.717, 1.165) is 5.56 Å². The van der Waals surface area contributed by atoms with Crippen LogP contribution in [-0.2, 0) is 0 Å². The molecule has 0 aromatic heterocycles. The molecule has 0 spiro atoms. The van der Waals surface area contributed by atoms with Crippen LogP contribution in [-0.4, -0.2) is 19.2 Å². The third kappa shape index (κ3) is 3.14. The minimum Gasteiger partial charge on any atom is -0.496 e. The molecule has 102 valence electrons. The van der Waals surface area contributed by atoms with Crippen LogP contribution in [0.1, 0.15) is 15.9 Å². The molecular weight excluding hydrogens is 254 g/mol. The van der Waals surface area contributed by atoms with Gasteiger partial charge in [0.25, 0.3) is 5.91 Å². The van der Waals surface area contributed by atoms with E-state index in [1.54, 1.807) is 31.4 Å². The van der Waals surface area contributed by atoms with Crippen molar-refractivity contribution in [2.45, 2.75) is 0 Å². The Morgan fingerprint density at radius 2 is 1.90 bits per heavy atom. The molecule has 1 amide bonds. The number of carbonyl (C=O) groups is 1. The topological polar surface area (TPSA) is 76.7 Å². The lowest BCUT2D eigenvalue weighted by molar-refractivity contribution is 0.0956. The van der Waals surface area contributed by atoms with Crippen LogP contribution in [0, 0.1) is 0 Å². The van der Waals surface area contributed by atoms with Gasteiger partial charge in [-0.3, -0.25) is 4.79 Å². The van der Waals surface area contributed by atoms with E-state index < -0.39 is 0 Å². The van der Waals surface area contributed by atoms with Crippen LogP contribution in [0.3, 0.4) is 0 Å². The molecular formula is C15H15N3O2. The third-order valence-electron chi connectivity index (χ3n) is 2.71. The maximum absolute atomic E-state index is 11.9. The van der Waals surface area contributed by atoms with Gasteiger partial charge < -0.3 is 10.5 Å². The Hall–Kier alpha value is -2.82. The van der Waals surface area contributed by atoms with Crippen molar-refractivity contribution >= 4 is 17.8 Å². The highest BCUT2D eigenvalue weighted by atomic mass is 16.5. The number of nitrogen functional groups attached to an aromatic ring is 1. The van der Waals surface area contributed by atoms with Crippen molar-refractivity contribution in [2.24, 2.45) is 5.10 Å². The summed E-state index contributed by atoms with van der Waals surface area (Å²) in [5.41, 5.74) is 9.73. The van der Waals surface area contributed by atoms with Crippen molar-refractivity contribution in [1.82, 2.24) is 5.43 Å². The zero-order chi connectivity index (χ0) is 14.4. The molecule has 2 rings (SSSR count). The largest absolute Gasteiger partial charge is 0.496 e. The smallest absolute Gasteiger partial charge is 0.273 e. The van der Waals surface area contributed by atoms with Crippen LogP contribution in [0.2, 0.25) is 0 Å². The number of hydrogen-bond donors (Lipinski definition) is 2. The van der Waals surface area contributed by atoms with Crippen LogP contribution in [0.4, 0.5) is 5.69 Å². The highest BCUT2D eigenvalue weighted by molar-refractivity contribution is 5.99. The van der Waals surface area contributed by atoms with E-state index in [9.17, 15) is 4.79 Å². The number of nitrogens with one attached hydrogen (secondary N) is 1. The molecule has 2 aromatic carbocycles. The first kappa shape index (κ1) is 13.6. The number of para-hydroxylation sites is 2.